The van der Waals surface area contributed by atoms with E-state index in [0.29, 0.717) is 31.7 Å². The Balaban J connectivity index is 1.72. The molecule has 3 rings (SSSR count). The lowest BCUT2D eigenvalue weighted by Crippen LogP contribution is -2.59. The van der Waals surface area contributed by atoms with E-state index in [1.165, 1.54) is 0 Å². The van der Waals surface area contributed by atoms with Crippen molar-refractivity contribution in [1.29, 1.82) is 5.26 Å². The molecule has 0 radical (unpaired) electrons. The first-order valence-corrected chi connectivity index (χ1v) is 10.9. The SMILES string of the molecule is C[C@@H]1CN([C@@H](C)C(=O)N2CC(C)(C)c3ccc(C#N)cc32)CCN1C(=O)OC(C)(C)C. The molecule has 2 aliphatic rings. The van der Waals surface area contributed by atoms with Crippen LogP contribution < -0.4 is 4.90 Å². The molecule has 0 aliphatic carbocycles. The molecule has 0 spiro atoms. The van der Waals surface area contributed by atoms with E-state index in [-0.39, 0.29) is 29.5 Å². The normalized spacial score (nSPS) is 21.9. The summed E-state index contributed by atoms with van der Waals surface area (Å²) >= 11 is 0. The number of hydrogen-bond acceptors (Lipinski definition) is 5. The van der Waals surface area contributed by atoms with Gasteiger partial charge in [-0.1, -0.05) is 19.9 Å². The van der Waals surface area contributed by atoms with Crippen LogP contribution in [0, 0.1) is 11.3 Å². The second-order valence-electron chi connectivity index (χ2n) is 10.3. The molecule has 7 heteroatoms. The van der Waals surface area contributed by atoms with E-state index in [4.69, 9.17) is 4.74 Å². The van der Waals surface area contributed by atoms with Gasteiger partial charge in [-0.25, -0.2) is 4.79 Å². The molecule has 2 amide bonds. The Morgan fingerprint density at radius 2 is 1.94 bits per heavy atom. The second-order valence-corrected chi connectivity index (χ2v) is 10.3. The van der Waals surface area contributed by atoms with Gasteiger partial charge in [0.1, 0.15) is 5.60 Å². The van der Waals surface area contributed by atoms with Crippen molar-refractivity contribution in [3.8, 4) is 6.07 Å². The van der Waals surface area contributed by atoms with Crippen LogP contribution in [-0.4, -0.2) is 65.7 Å². The number of ether oxygens (including phenoxy) is 1. The predicted molar refractivity (Wildman–Crippen MR) is 120 cm³/mol. The van der Waals surface area contributed by atoms with Crippen molar-refractivity contribution in [3.63, 3.8) is 0 Å². The van der Waals surface area contributed by atoms with E-state index in [9.17, 15) is 14.9 Å². The number of nitrogens with zero attached hydrogens (tertiary/aromatic N) is 4. The molecule has 2 atom stereocenters. The van der Waals surface area contributed by atoms with Crippen LogP contribution in [0.15, 0.2) is 18.2 Å². The number of carbonyl (C=O) groups excluding carboxylic acids is 2. The molecular weight excluding hydrogens is 392 g/mol. The lowest BCUT2D eigenvalue weighted by atomic mass is 9.87. The predicted octanol–water partition coefficient (Wildman–Crippen LogP) is 3.51. The van der Waals surface area contributed by atoms with E-state index < -0.39 is 5.60 Å². The minimum atomic E-state index is -0.532. The Bertz CT molecular complexity index is 912. The summed E-state index contributed by atoms with van der Waals surface area (Å²) in [7, 11) is 0. The van der Waals surface area contributed by atoms with Crippen LogP contribution in [-0.2, 0) is 14.9 Å². The number of rotatable bonds is 2. The molecule has 0 unspecified atom stereocenters. The smallest absolute Gasteiger partial charge is 0.410 e. The average Bonchev–Trinajstić information content (AvgIpc) is 2.95. The van der Waals surface area contributed by atoms with Crippen molar-refractivity contribution >= 4 is 17.7 Å². The summed E-state index contributed by atoms with van der Waals surface area (Å²) in [5.41, 5.74) is 1.79. The van der Waals surface area contributed by atoms with E-state index in [0.717, 1.165) is 11.3 Å². The molecule has 2 aliphatic heterocycles. The molecule has 1 fully saturated rings. The van der Waals surface area contributed by atoms with Gasteiger partial charge in [0, 0.05) is 43.3 Å². The number of piperazine rings is 1. The van der Waals surface area contributed by atoms with Gasteiger partial charge in [-0.05, 0) is 52.3 Å². The number of hydrogen-bond donors (Lipinski definition) is 0. The fourth-order valence-electron chi connectivity index (χ4n) is 4.47. The summed E-state index contributed by atoms with van der Waals surface area (Å²) in [5, 5.41) is 9.30. The molecular formula is C24H34N4O3. The zero-order chi connectivity index (χ0) is 23.1. The lowest BCUT2D eigenvalue weighted by molar-refractivity contribution is -0.124. The molecule has 0 bridgehead atoms. The number of amides is 2. The summed E-state index contributed by atoms with van der Waals surface area (Å²) in [4.78, 5) is 31.7. The number of benzene rings is 1. The van der Waals surface area contributed by atoms with Crippen molar-refractivity contribution in [2.24, 2.45) is 0 Å². The molecule has 7 nitrogen and oxygen atoms in total. The maximum atomic E-state index is 13.5. The fraction of sp³-hybridized carbons (Fsp3) is 0.625. The van der Waals surface area contributed by atoms with Crippen molar-refractivity contribution < 1.29 is 14.3 Å². The van der Waals surface area contributed by atoms with Gasteiger partial charge < -0.3 is 14.5 Å². The van der Waals surface area contributed by atoms with E-state index >= 15 is 0 Å². The summed E-state index contributed by atoms with van der Waals surface area (Å²) in [6, 6.07) is 7.40. The minimum absolute atomic E-state index is 0.0276. The summed E-state index contributed by atoms with van der Waals surface area (Å²) in [6.45, 7) is 16.1. The topological polar surface area (TPSA) is 76.9 Å². The third-order valence-electron chi connectivity index (χ3n) is 6.16. The van der Waals surface area contributed by atoms with Gasteiger partial charge in [0.05, 0.1) is 17.7 Å². The molecule has 0 saturated carbocycles. The van der Waals surface area contributed by atoms with Crippen LogP contribution in [0.2, 0.25) is 0 Å². The third kappa shape index (κ3) is 4.69. The second kappa shape index (κ2) is 8.16. The monoisotopic (exact) mass is 426 g/mol. The van der Waals surface area contributed by atoms with Crippen molar-refractivity contribution in [2.75, 3.05) is 31.1 Å². The highest BCUT2D eigenvalue weighted by atomic mass is 16.6. The standard InChI is InChI=1S/C24H34N4O3/c1-16-14-26(10-11-27(16)22(30)31-23(3,4)5)17(2)21(29)28-15-24(6,7)19-9-8-18(13-25)12-20(19)28/h8-9,12,16-17H,10-11,14-15H2,1-7H3/t16-,17+/m1/s1. The first kappa shape index (κ1) is 23.1. The molecule has 1 saturated heterocycles. The Hall–Kier alpha value is -2.59. The van der Waals surface area contributed by atoms with E-state index in [1.807, 2.05) is 57.7 Å². The quantitative estimate of drug-likeness (QED) is 0.723. The van der Waals surface area contributed by atoms with Crippen molar-refractivity contribution in [1.82, 2.24) is 9.80 Å². The van der Waals surface area contributed by atoms with Gasteiger partial charge in [0.15, 0.2) is 0 Å². The molecule has 0 aromatic heterocycles. The van der Waals surface area contributed by atoms with Gasteiger partial charge in [0.25, 0.3) is 0 Å². The molecule has 0 N–H and O–H groups in total. The van der Waals surface area contributed by atoms with Crippen LogP contribution in [0.5, 0.6) is 0 Å². The van der Waals surface area contributed by atoms with Crippen LogP contribution >= 0.6 is 0 Å². The maximum absolute atomic E-state index is 13.5. The average molecular weight is 427 g/mol. The molecule has 31 heavy (non-hydrogen) atoms. The van der Waals surface area contributed by atoms with Crippen LogP contribution in [0.1, 0.15) is 59.6 Å². The first-order valence-electron chi connectivity index (χ1n) is 10.9. The lowest BCUT2D eigenvalue weighted by Gasteiger charge is -2.42. The van der Waals surface area contributed by atoms with Gasteiger partial charge in [-0.15, -0.1) is 0 Å². The van der Waals surface area contributed by atoms with Crippen LogP contribution in [0.4, 0.5) is 10.5 Å². The zero-order valence-electron chi connectivity index (χ0n) is 19.7. The van der Waals surface area contributed by atoms with Crippen molar-refractivity contribution in [2.45, 2.75) is 71.6 Å². The molecule has 168 valence electrons. The number of nitriles is 1. The maximum Gasteiger partial charge on any atom is 0.410 e. The largest absolute Gasteiger partial charge is 0.444 e. The summed E-state index contributed by atoms with van der Waals surface area (Å²) < 4.78 is 5.52. The van der Waals surface area contributed by atoms with E-state index in [2.05, 4.69) is 24.8 Å². The Morgan fingerprint density at radius 3 is 2.52 bits per heavy atom. The Kier molecular flexibility index (Phi) is 6.07. The van der Waals surface area contributed by atoms with Gasteiger partial charge in [-0.3, -0.25) is 9.69 Å². The highest BCUT2D eigenvalue weighted by Crippen LogP contribution is 2.41. The zero-order valence-corrected chi connectivity index (χ0v) is 19.7. The first-order chi connectivity index (χ1) is 14.3. The highest BCUT2D eigenvalue weighted by Gasteiger charge is 2.41. The summed E-state index contributed by atoms with van der Waals surface area (Å²) in [5.74, 6) is 0.0276. The Labute approximate surface area is 185 Å². The molecule has 1 aromatic carbocycles. The molecule has 1 aromatic rings. The van der Waals surface area contributed by atoms with Gasteiger partial charge in [-0.2, -0.15) is 5.26 Å². The third-order valence-corrected chi connectivity index (χ3v) is 6.16. The number of fused-ring (bicyclic) bond motifs is 1. The minimum Gasteiger partial charge on any atom is -0.444 e. The number of carbonyl (C=O) groups is 2. The van der Waals surface area contributed by atoms with Gasteiger partial charge in [0.2, 0.25) is 5.91 Å². The fourth-order valence-corrected chi connectivity index (χ4v) is 4.47. The molecule has 2 heterocycles. The van der Waals surface area contributed by atoms with Crippen LogP contribution in [0.25, 0.3) is 0 Å². The Morgan fingerprint density at radius 1 is 1.26 bits per heavy atom. The number of anilines is 1. The van der Waals surface area contributed by atoms with Crippen LogP contribution in [0.3, 0.4) is 0 Å². The van der Waals surface area contributed by atoms with Crippen molar-refractivity contribution in [3.05, 3.63) is 29.3 Å². The van der Waals surface area contributed by atoms with Gasteiger partial charge >= 0.3 is 6.09 Å². The van der Waals surface area contributed by atoms with E-state index in [1.54, 1.807) is 4.90 Å². The summed E-state index contributed by atoms with van der Waals surface area (Å²) in [6.07, 6.45) is -0.308. The highest BCUT2D eigenvalue weighted by molar-refractivity contribution is 5.99.